The summed E-state index contributed by atoms with van der Waals surface area (Å²) in [6.07, 6.45) is 0. The van der Waals surface area contributed by atoms with Gasteiger partial charge in [0.2, 0.25) is 5.82 Å². The van der Waals surface area contributed by atoms with Crippen LogP contribution in [0.4, 0.5) is 21.5 Å². The van der Waals surface area contributed by atoms with Crippen LogP contribution in [0.25, 0.3) is 0 Å². The number of benzene rings is 2. The Balaban J connectivity index is 2.49. The molecule has 0 unspecified atom stereocenters. The van der Waals surface area contributed by atoms with Crippen LogP contribution in [0.15, 0.2) is 40.9 Å². The van der Waals surface area contributed by atoms with E-state index in [1.54, 1.807) is 18.2 Å². The van der Waals surface area contributed by atoms with Crippen LogP contribution < -0.4 is 5.32 Å². The van der Waals surface area contributed by atoms with E-state index in [-0.39, 0.29) is 11.3 Å². The number of nitro groups is 1. The Bertz CT molecular complexity index is 728. The lowest BCUT2D eigenvalue weighted by molar-refractivity contribution is -0.386. The predicted octanol–water partition coefficient (Wildman–Crippen LogP) is 4.11. The van der Waals surface area contributed by atoms with Gasteiger partial charge in [-0.15, -0.1) is 0 Å². The van der Waals surface area contributed by atoms with E-state index in [1.165, 1.54) is 12.1 Å². The maximum absolute atomic E-state index is 13.5. The van der Waals surface area contributed by atoms with Gasteiger partial charge in [-0.3, -0.25) is 10.1 Å². The van der Waals surface area contributed by atoms with Gasteiger partial charge in [0.05, 0.1) is 16.2 Å². The molecule has 1 N–H and O–H groups in total. The first-order chi connectivity index (χ1) is 9.52. The first-order valence-corrected chi connectivity index (χ1v) is 6.22. The van der Waals surface area contributed by atoms with E-state index in [0.717, 1.165) is 6.07 Å². The molecule has 0 heterocycles. The fourth-order valence-electron chi connectivity index (χ4n) is 1.66. The fourth-order valence-corrected chi connectivity index (χ4v) is 2.03. The van der Waals surface area contributed by atoms with Crippen molar-refractivity contribution in [2.75, 3.05) is 5.32 Å². The normalized spacial score (nSPS) is 9.85. The molecule has 0 aliphatic carbocycles. The Morgan fingerprint density at radius 1 is 1.30 bits per heavy atom. The number of nitrogens with zero attached hydrogens (tertiary/aromatic N) is 2. The molecule has 2 aromatic carbocycles. The highest BCUT2D eigenvalue weighted by atomic mass is 79.9. The van der Waals surface area contributed by atoms with Crippen molar-refractivity contribution in [2.24, 2.45) is 0 Å². The van der Waals surface area contributed by atoms with Gasteiger partial charge in [0.1, 0.15) is 11.8 Å². The minimum atomic E-state index is -0.935. The summed E-state index contributed by atoms with van der Waals surface area (Å²) in [7, 11) is 0. The van der Waals surface area contributed by atoms with E-state index in [1.807, 2.05) is 6.07 Å². The van der Waals surface area contributed by atoms with Crippen molar-refractivity contribution in [3.63, 3.8) is 0 Å². The molecule has 0 saturated carbocycles. The van der Waals surface area contributed by atoms with Crippen LogP contribution in [0.2, 0.25) is 0 Å². The van der Waals surface area contributed by atoms with Gasteiger partial charge in [-0.05, 0) is 30.3 Å². The van der Waals surface area contributed by atoms with E-state index in [0.29, 0.717) is 10.2 Å². The highest BCUT2D eigenvalue weighted by molar-refractivity contribution is 9.10. The third kappa shape index (κ3) is 2.75. The summed E-state index contributed by atoms with van der Waals surface area (Å²) in [6, 6.07) is 10.5. The Hall–Kier alpha value is -2.46. The molecule has 0 atom stereocenters. The first kappa shape index (κ1) is 14.0. The molecular formula is C13H7BrFN3O2. The standard InChI is InChI=1S/C13H7BrFN3O2/c14-9-4-5-11(8(6-9)7-16)17-12-3-1-2-10(15)13(12)18(19)20/h1-6,17H. The van der Waals surface area contributed by atoms with Gasteiger partial charge in [-0.25, -0.2) is 0 Å². The largest absolute Gasteiger partial charge is 0.349 e. The smallest absolute Gasteiger partial charge is 0.327 e. The highest BCUT2D eigenvalue weighted by Crippen LogP contribution is 2.31. The number of hydrogen-bond donors (Lipinski definition) is 1. The van der Waals surface area contributed by atoms with Crippen molar-refractivity contribution in [3.8, 4) is 6.07 Å². The molecule has 2 aromatic rings. The monoisotopic (exact) mass is 335 g/mol. The van der Waals surface area contributed by atoms with E-state index in [2.05, 4.69) is 21.2 Å². The van der Waals surface area contributed by atoms with E-state index >= 15 is 0 Å². The van der Waals surface area contributed by atoms with Crippen molar-refractivity contribution in [2.45, 2.75) is 0 Å². The lowest BCUT2D eigenvalue weighted by Gasteiger charge is -2.09. The van der Waals surface area contributed by atoms with Crippen LogP contribution in [0.3, 0.4) is 0 Å². The molecule has 0 amide bonds. The molecule has 5 nitrogen and oxygen atoms in total. The van der Waals surface area contributed by atoms with Gasteiger partial charge in [0, 0.05) is 4.47 Å². The van der Waals surface area contributed by atoms with E-state index in [9.17, 15) is 14.5 Å². The molecule has 0 aromatic heterocycles. The Morgan fingerprint density at radius 3 is 2.70 bits per heavy atom. The third-order valence-electron chi connectivity index (χ3n) is 2.54. The van der Waals surface area contributed by atoms with Crippen molar-refractivity contribution < 1.29 is 9.31 Å². The van der Waals surface area contributed by atoms with Crippen LogP contribution >= 0.6 is 15.9 Å². The van der Waals surface area contributed by atoms with Gasteiger partial charge in [-0.1, -0.05) is 22.0 Å². The summed E-state index contributed by atoms with van der Waals surface area (Å²) in [6.45, 7) is 0. The van der Waals surface area contributed by atoms with Crippen molar-refractivity contribution in [1.82, 2.24) is 0 Å². The van der Waals surface area contributed by atoms with Gasteiger partial charge < -0.3 is 5.32 Å². The topological polar surface area (TPSA) is 79.0 Å². The second-order valence-electron chi connectivity index (χ2n) is 3.82. The summed E-state index contributed by atoms with van der Waals surface area (Å²) >= 11 is 3.22. The Morgan fingerprint density at radius 2 is 2.05 bits per heavy atom. The lowest BCUT2D eigenvalue weighted by atomic mass is 10.1. The Labute approximate surface area is 121 Å². The van der Waals surface area contributed by atoms with Gasteiger partial charge in [0.15, 0.2) is 0 Å². The predicted molar refractivity (Wildman–Crippen MR) is 75.2 cm³/mol. The second kappa shape index (κ2) is 5.67. The van der Waals surface area contributed by atoms with Gasteiger partial charge in [-0.2, -0.15) is 9.65 Å². The van der Waals surface area contributed by atoms with Crippen LogP contribution in [-0.2, 0) is 0 Å². The SMILES string of the molecule is N#Cc1cc(Br)ccc1Nc1cccc(F)c1[N+](=O)[O-]. The number of nitrogens with one attached hydrogen (secondary N) is 1. The second-order valence-corrected chi connectivity index (χ2v) is 4.74. The molecule has 0 saturated heterocycles. The number of hydrogen-bond acceptors (Lipinski definition) is 4. The molecule has 2 rings (SSSR count). The van der Waals surface area contributed by atoms with Crippen LogP contribution in [0.5, 0.6) is 0 Å². The number of rotatable bonds is 3. The molecule has 0 bridgehead atoms. The summed E-state index contributed by atoms with van der Waals surface area (Å²) < 4.78 is 14.2. The summed E-state index contributed by atoms with van der Waals surface area (Å²) in [5, 5.41) is 22.6. The third-order valence-corrected chi connectivity index (χ3v) is 3.03. The number of nitriles is 1. The molecule has 100 valence electrons. The molecule has 0 aliphatic rings. The molecule has 0 fully saturated rings. The van der Waals surface area contributed by atoms with Crippen molar-refractivity contribution in [1.29, 1.82) is 5.26 Å². The molecular weight excluding hydrogens is 329 g/mol. The average Bonchev–Trinajstić information content (AvgIpc) is 2.40. The minimum absolute atomic E-state index is 0.00572. The number of para-hydroxylation sites is 1. The average molecular weight is 336 g/mol. The lowest BCUT2D eigenvalue weighted by Crippen LogP contribution is -2.00. The van der Waals surface area contributed by atoms with Gasteiger partial charge in [0.25, 0.3) is 0 Å². The summed E-state index contributed by atoms with van der Waals surface area (Å²) in [5.41, 5.74) is -0.00420. The molecule has 0 aliphatic heterocycles. The maximum atomic E-state index is 13.5. The fraction of sp³-hybridized carbons (Fsp3) is 0. The number of nitro benzene ring substituents is 1. The zero-order valence-corrected chi connectivity index (χ0v) is 11.5. The number of halogens is 2. The first-order valence-electron chi connectivity index (χ1n) is 5.42. The molecule has 0 spiro atoms. The molecule has 7 heteroatoms. The quantitative estimate of drug-likeness (QED) is 0.676. The zero-order chi connectivity index (χ0) is 14.7. The highest BCUT2D eigenvalue weighted by Gasteiger charge is 2.20. The molecule has 20 heavy (non-hydrogen) atoms. The molecule has 0 radical (unpaired) electrons. The van der Waals surface area contributed by atoms with E-state index in [4.69, 9.17) is 5.26 Å². The van der Waals surface area contributed by atoms with Crippen LogP contribution in [-0.4, -0.2) is 4.92 Å². The van der Waals surface area contributed by atoms with E-state index < -0.39 is 16.4 Å². The zero-order valence-electron chi connectivity index (χ0n) is 9.93. The number of anilines is 2. The Kier molecular flexibility index (Phi) is 3.96. The van der Waals surface area contributed by atoms with Crippen molar-refractivity contribution >= 4 is 33.0 Å². The van der Waals surface area contributed by atoms with Crippen molar-refractivity contribution in [3.05, 3.63) is 62.4 Å². The maximum Gasteiger partial charge on any atom is 0.327 e. The summed E-state index contributed by atoms with van der Waals surface area (Å²) in [4.78, 5) is 10.1. The summed E-state index contributed by atoms with van der Waals surface area (Å²) in [5.74, 6) is -0.935. The van der Waals surface area contributed by atoms with Crippen LogP contribution in [0, 0.1) is 27.3 Å². The van der Waals surface area contributed by atoms with Gasteiger partial charge >= 0.3 is 5.69 Å². The minimum Gasteiger partial charge on any atom is -0.349 e. The van der Waals surface area contributed by atoms with Crippen LogP contribution in [0.1, 0.15) is 5.56 Å².